The lowest BCUT2D eigenvalue weighted by molar-refractivity contribution is 0.180. The lowest BCUT2D eigenvalue weighted by Crippen LogP contribution is -2.48. The first-order valence-corrected chi connectivity index (χ1v) is 12.6. The van der Waals surface area contributed by atoms with Crippen molar-refractivity contribution in [3.05, 3.63) is 59.6 Å². The predicted molar refractivity (Wildman–Crippen MR) is 119 cm³/mol. The lowest BCUT2D eigenvalue weighted by atomic mass is 10.2. The molecule has 0 radical (unpaired) electrons. The Morgan fingerprint density at radius 3 is 2.53 bits per heavy atom. The van der Waals surface area contributed by atoms with Gasteiger partial charge in [-0.1, -0.05) is 36.4 Å². The van der Waals surface area contributed by atoms with Gasteiger partial charge in [0.15, 0.2) is 0 Å². The fourth-order valence-electron chi connectivity index (χ4n) is 3.58. The minimum absolute atomic E-state index is 0.245. The topological polar surface area (TPSA) is 79.3 Å². The van der Waals surface area contributed by atoms with Gasteiger partial charge in [0, 0.05) is 43.7 Å². The van der Waals surface area contributed by atoms with E-state index in [2.05, 4.69) is 31.2 Å². The number of hydrogen-bond donors (Lipinski definition) is 0. The molecule has 1 aliphatic rings. The normalized spacial score (nSPS) is 16.3. The van der Waals surface area contributed by atoms with E-state index < -0.39 is 10.0 Å². The van der Waals surface area contributed by atoms with Crippen LogP contribution in [0.2, 0.25) is 0 Å². The molecule has 0 atom stereocenters. The Kier molecular flexibility index (Phi) is 5.34. The van der Waals surface area contributed by atoms with E-state index in [1.54, 1.807) is 33.8 Å². The first-order chi connectivity index (χ1) is 14.6. The Labute approximate surface area is 183 Å². The molecule has 5 rings (SSSR count). The number of rotatable bonds is 5. The van der Waals surface area contributed by atoms with Crippen molar-refractivity contribution >= 4 is 44.1 Å². The molecule has 30 heavy (non-hydrogen) atoms. The summed E-state index contributed by atoms with van der Waals surface area (Å²) >= 11 is 2.67. The number of hydrogen-bond acceptors (Lipinski definition) is 8. The summed E-state index contributed by atoms with van der Waals surface area (Å²) in [6, 6.07) is 15.3. The van der Waals surface area contributed by atoms with Crippen molar-refractivity contribution in [2.75, 3.05) is 26.2 Å². The fourth-order valence-corrected chi connectivity index (χ4v) is 6.57. The molecular formula is C20H19N5O2S3. The minimum Gasteiger partial charge on any atom is -0.295 e. The first-order valence-electron chi connectivity index (χ1n) is 9.55. The van der Waals surface area contributed by atoms with Gasteiger partial charge in [0.05, 0.1) is 17.4 Å². The largest absolute Gasteiger partial charge is 0.295 e. The Hall–Kier alpha value is -2.24. The fraction of sp³-hybridized carbons (Fsp3) is 0.250. The zero-order valence-corrected chi connectivity index (χ0v) is 18.5. The SMILES string of the molecule is O=S(=O)(c1cccc2nsnc12)N1CCN(Cc2csc(-c3ccccc3)n2)CC1. The van der Waals surface area contributed by atoms with Crippen LogP contribution < -0.4 is 0 Å². The lowest BCUT2D eigenvalue weighted by Gasteiger charge is -2.33. The van der Waals surface area contributed by atoms with Crippen LogP contribution in [0.3, 0.4) is 0 Å². The molecule has 0 N–H and O–H groups in total. The van der Waals surface area contributed by atoms with Crippen molar-refractivity contribution in [3.63, 3.8) is 0 Å². The van der Waals surface area contributed by atoms with Gasteiger partial charge in [0.1, 0.15) is 20.9 Å². The molecule has 0 spiro atoms. The summed E-state index contributed by atoms with van der Waals surface area (Å²) in [5.41, 5.74) is 3.22. The Bertz CT molecular complexity index is 1260. The molecule has 0 bridgehead atoms. The van der Waals surface area contributed by atoms with Gasteiger partial charge in [-0.3, -0.25) is 4.90 Å². The van der Waals surface area contributed by atoms with E-state index in [9.17, 15) is 8.42 Å². The number of benzene rings is 2. The average Bonchev–Trinajstić information content (AvgIpc) is 3.44. The monoisotopic (exact) mass is 457 g/mol. The highest BCUT2D eigenvalue weighted by Crippen LogP contribution is 2.26. The van der Waals surface area contributed by atoms with Gasteiger partial charge >= 0.3 is 0 Å². The highest BCUT2D eigenvalue weighted by atomic mass is 32.2. The molecule has 1 saturated heterocycles. The number of nitrogens with zero attached hydrogens (tertiary/aromatic N) is 5. The highest BCUT2D eigenvalue weighted by Gasteiger charge is 2.30. The van der Waals surface area contributed by atoms with Crippen molar-refractivity contribution in [2.45, 2.75) is 11.4 Å². The van der Waals surface area contributed by atoms with Gasteiger partial charge in [-0.15, -0.1) is 11.3 Å². The second kappa shape index (κ2) is 8.12. The molecule has 7 nitrogen and oxygen atoms in total. The minimum atomic E-state index is -3.59. The van der Waals surface area contributed by atoms with Crippen molar-refractivity contribution < 1.29 is 8.42 Å². The molecule has 2 aromatic carbocycles. The number of aromatic nitrogens is 3. The third kappa shape index (κ3) is 3.77. The average molecular weight is 458 g/mol. The van der Waals surface area contributed by atoms with E-state index in [1.165, 1.54) is 0 Å². The summed E-state index contributed by atoms with van der Waals surface area (Å²) in [5.74, 6) is 0. The molecule has 4 aromatic rings. The van der Waals surface area contributed by atoms with Gasteiger partial charge < -0.3 is 0 Å². The van der Waals surface area contributed by atoms with Crippen LogP contribution in [0.5, 0.6) is 0 Å². The van der Waals surface area contributed by atoms with E-state index in [0.717, 1.165) is 34.5 Å². The molecule has 0 saturated carbocycles. The molecule has 0 aliphatic carbocycles. The van der Waals surface area contributed by atoms with Crippen molar-refractivity contribution in [3.8, 4) is 10.6 Å². The maximum Gasteiger partial charge on any atom is 0.245 e. The van der Waals surface area contributed by atoms with Gasteiger partial charge in [-0.25, -0.2) is 13.4 Å². The predicted octanol–water partition coefficient (Wildman–Crippen LogP) is 3.32. The molecule has 10 heteroatoms. The van der Waals surface area contributed by atoms with E-state index in [-0.39, 0.29) is 4.90 Å². The molecule has 1 fully saturated rings. The molecule has 2 aromatic heterocycles. The smallest absolute Gasteiger partial charge is 0.245 e. The van der Waals surface area contributed by atoms with Crippen LogP contribution in [-0.2, 0) is 16.6 Å². The van der Waals surface area contributed by atoms with Gasteiger partial charge in [0.2, 0.25) is 10.0 Å². The Morgan fingerprint density at radius 2 is 1.73 bits per heavy atom. The van der Waals surface area contributed by atoms with E-state index in [4.69, 9.17) is 4.98 Å². The van der Waals surface area contributed by atoms with Crippen LogP contribution in [-0.4, -0.2) is 57.5 Å². The van der Waals surface area contributed by atoms with Crippen LogP contribution in [0, 0.1) is 0 Å². The number of piperazine rings is 1. The van der Waals surface area contributed by atoms with E-state index >= 15 is 0 Å². The summed E-state index contributed by atoms with van der Waals surface area (Å²) in [7, 11) is -3.59. The standard InChI is InChI=1S/C20H19N5O2S3/c26-30(27,18-8-4-7-17-19(18)23-29-22-17)25-11-9-24(10-12-25)13-16-14-28-20(21-16)15-5-2-1-3-6-15/h1-8,14H,9-13H2. The second-order valence-corrected chi connectivity index (χ2v) is 10.4. The van der Waals surface area contributed by atoms with E-state index in [0.29, 0.717) is 37.2 Å². The maximum absolute atomic E-state index is 13.2. The second-order valence-electron chi connectivity index (χ2n) is 7.08. The first kappa shape index (κ1) is 19.7. The number of sulfonamides is 1. The number of thiazole rings is 1. The third-order valence-corrected chi connectivity index (χ3v) is 8.57. The Balaban J connectivity index is 1.26. The third-order valence-electron chi connectivity index (χ3n) is 5.16. The van der Waals surface area contributed by atoms with Gasteiger partial charge in [0.25, 0.3) is 0 Å². The quantitative estimate of drug-likeness (QED) is 0.457. The van der Waals surface area contributed by atoms with Crippen molar-refractivity contribution in [1.29, 1.82) is 0 Å². The van der Waals surface area contributed by atoms with Gasteiger partial charge in [-0.05, 0) is 12.1 Å². The van der Waals surface area contributed by atoms with Crippen LogP contribution in [0.1, 0.15) is 5.69 Å². The molecule has 1 aliphatic heterocycles. The van der Waals surface area contributed by atoms with Crippen molar-refractivity contribution in [1.82, 2.24) is 22.9 Å². The zero-order chi connectivity index (χ0) is 20.6. The summed E-state index contributed by atoms with van der Waals surface area (Å²) in [4.78, 5) is 7.24. The summed E-state index contributed by atoms with van der Waals surface area (Å²) < 4.78 is 36.2. The zero-order valence-electron chi connectivity index (χ0n) is 16.0. The summed E-state index contributed by atoms with van der Waals surface area (Å²) in [5, 5.41) is 3.10. The van der Waals surface area contributed by atoms with E-state index in [1.807, 2.05) is 18.2 Å². The molecule has 154 valence electrons. The summed E-state index contributed by atoms with van der Waals surface area (Å²) in [6.07, 6.45) is 0. The van der Waals surface area contributed by atoms with Gasteiger partial charge in [-0.2, -0.15) is 13.1 Å². The van der Waals surface area contributed by atoms with Crippen LogP contribution in [0.15, 0.2) is 58.8 Å². The summed E-state index contributed by atoms with van der Waals surface area (Å²) in [6.45, 7) is 2.96. The van der Waals surface area contributed by atoms with Crippen LogP contribution >= 0.6 is 23.1 Å². The molecule has 0 unspecified atom stereocenters. The molecular weight excluding hydrogens is 438 g/mol. The van der Waals surface area contributed by atoms with Crippen LogP contribution in [0.4, 0.5) is 0 Å². The maximum atomic E-state index is 13.2. The van der Waals surface area contributed by atoms with Crippen molar-refractivity contribution in [2.24, 2.45) is 0 Å². The highest BCUT2D eigenvalue weighted by molar-refractivity contribution is 7.89. The molecule has 3 heterocycles. The number of fused-ring (bicyclic) bond motifs is 1. The van der Waals surface area contributed by atoms with Crippen LogP contribution in [0.25, 0.3) is 21.6 Å². The molecule has 0 amide bonds. The Morgan fingerprint density at radius 1 is 0.933 bits per heavy atom.